The lowest BCUT2D eigenvalue weighted by atomic mass is 10.0. The van der Waals surface area contributed by atoms with E-state index in [1.807, 2.05) is 24.3 Å². The van der Waals surface area contributed by atoms with E-state index in [9.17, 15) is 9.18 Å². The third kappa shape index (κ3) is 4.07. The Balaban J connectivity index is 2.06. The van der Waals surface area contributed by atoms with E-state index in [0.717, 1.165) is 16.8 Å². The fourth-order valence-electron chi connectivity index (χ4n) is 2.31. The van der Waals surface area contributed by atoms with Gasteiger partial charge in [-0.3, -0.25) is 0 Å². The molecule has 1 N–H and O–H groups in total. The van der Waals surface area contributed by atoms with E-state index in [2.05, 4.69) is 19.2 Å². The smallest absolute Gasteiger partial charge is 0.321 e. The molecular formula is C18H21FN2O. The minimum atomic E-state index is -0.295. The second-order valence-electron chi connectivity index (χ2n) is 5.66. The normalized spacial score (nSPS) is 10.6. The standard InChI is InChI=1S/C18H21FN2O/c1-13(2)16-9-4-5-10-17(16)20-18(22)21(3)12-14-7-6-8-15(19)11-14/h4-11,13H,12H2,1-3H3,(H,20,22). The Morgan fingerprint density at radius 1 is 1.18 bits per heavy atom. The maximum Gasteiger partial charge on any atom is 0.321 e. The summed E-state index contributed by atoms with van der Waals surface area (Å²) in [7, 11) is 1.69. The van der Waals surface area contributed by atoms with E-state index in [4.69, 9.17) is 0 Å². The first-order valence-electron chi connectivity index (χ1n) is 7.33. The fourth-order valence-corrected chi connectivity index (χ4v) is 2.31. The van der Waals surface area contributed by atoms with E-state index in [1.165, 1.54) is 17.0 Å². The van der Waals surface area contributed by atoms with Gasteiger partial charge in [-0.05, 0) is 35.2 Å². The molecule has 4 heteroatoms. The van der Waals surface area contributed by atoms with Gasteiger partial charge < -0.3 is 10.2 Å². The zero-order valence-electron chi connectivity index (χ0n) is 13.1. The fraction of sp³-hybridized carbons (Fsp3) is 0.278. The number of amides is 2. The summed E-state index contributed by atoms with van der Waals surface area (Å²) >= 11 is 0. The Hall–Kier alpha value is -2.36. The molecule has 0 bridgehead atoms. The van der Waals surface area contributed by atoms with Crippen LogP contribution in [0.4, 0.5) is 14.9 Å². The Morgan fingerprint density at radius 2 is 1.91 bits per heavy atom. The summed E-state index contributed by atoms with van der Waals surface area (Å²) in [5.74, 6) is 0.0292. The van der Waals surface area contributed by atoms with Crippen molar-refractivity contribution in [2.75, 3.05) is 12.4 Å². The third-order valence-corrected chi connectivity index (χ3v) is 3.48. The maximum absolute atomic E-state index is 13.2. The average molecular weight is 300 g/mol. The number of para-hydroxylation sites is 1. The van der Waals surface area contributed by atoms with Gasteiger partial charge in [-0.1, -0.05) is 44.2 Å². The van der Waals surface area contributed by atoms with Crippen molar-refractivity contribution in [3.63, 3.8) is 0 Å². The Morgan fingerprint density at radius 3 is 2.59 bits per heavy atom. The van der Waals surface area contributed by atoms with Crippen molar-refractivity contribution in [2.24, 2.45) is 0 Å². The molecule has 2 amide bonds. The molecule has 0 aliphatic carbocycles. The number of rotatable bonds is 4. The van der Waals surface area contributed by atoms with Crippen molar-refractivity contribution in [1.29, 1.82) is 0 Å². The van der Waals surface area contributed by atoms with Crippen LogP contribution >= 0.6 is 0 Å². The zero-order chi connectivity index (χ0) is 16.1. The van der Waals surface area contributed by atoms with Gasteiger partial charge in [-0.15, -0.1) is 0 Å². The first-order valence-corrected chi connectivity index (χ1v) is 7.33. The zero-order valence-corrected chi connectivity index (χ0v) is 13.1. The van der Waals surface area contributed by atoms with Crippen LogP contribution in [0.25, 0.3) is 0 Å². The van der Waals surface area contributed by atoms with Crippen LogP contribution in [0.1, 0.15) is 30.9 Å². The summed E-state index contributed by atoms with van der Waals surface area (Å²) in [4.78, 5) is 13.8. The minimum absolute atomic E-state index is 0.211. The maximum atomic E-state index is 13.2. The van der Waals surface area contributed by atoms with Gasteiger partial charge in [-0.25, -0.2) is 9.18 Å². The number of anilines is 1. The average Bonchev–Trinajstić information content (AvgIpc) is 2.47. The number of urea groups is 1. The first kappa shape index (κ1) is 16.0. The molecule has 116 valence electrons. The molecule has 0 saturated carbocycles. The largest absolute Gasteiger partial charge is 0.323 e. The Kier molecular flexibility index (Phi) is 5.15. The summed E-state index contributed by atoms with van der Waals surface area (Å²) in [5, 5.41) is 2.92. The van der Waals surface area contributed by atoms with Crippen LogP contribution in [-0.4, -0.2) is 18.0 Å². The van der Waals surface area contributed by atoms with Crippen LogP contribution in [0.2, 0.25) is 0 Å². The van der Waals surface area contributed by atoms with Gasteiger partial charge in [0.25, 0.3) is 0 Å². The molecule has 3 nitrogen and oxygen atoms in total. The molecule has 0 aliphatic rings. The topological polar surface area (TPSA) is 32.3 Å². The van der Waals surface area contributed by atoms with Crippen molar-refractivity contribution in [1.82, 2.24) is 4.90 Å². The highest BCUT2D eigenvalue weighted by Gasteiger charge is 2.13. The number of nitrogens with zero attached hydrogens (tertiary/aromatic N) is 1. The van der Waals surface area contributed by atoms with E-state index in [1.54, 1.807) is 19.2 Å². The number of halogens is 1. The molecule has 0 atom stereocenters. The molecule has 0 saturated heterocycles. The lowest BCUT2D eigenvalue weighted by molar-refractivity contribution is 0.220. The quantitative estimate of drug-likeness (QED) is 0.878. The lowest BCUT2D eigenvalue weighted by Gasteiger charge is -2.20. The summed E-state index contributed by atoms with van der Waals surface area (Å²) in [6.45, 7) is 4.52. The molecule has 0 heterocycles. The number of carbonyl (C=O) groups excluding carboxylic acids is 1. The molecule has 0 unspecified atom stereocenters. The molecule has 2 aromatic carbocycles. The van der Waals surface area contributed by atoms with E-state index in [0.29, 0.717) is 12.5 Å². The summed E-state index contributed by atoms with van der Waals surface area (Å²) in [6, 6.07) is 13.8. The SMILES string of the molecule is CC(C)c1ccccc1NC(=O)N(C)Cc1cccc(F)c1. The molecule has 0 aliphatic heterocycles. The minimum Gasteiger partial charge on any atom is -0.323 e. The third-order valence-electron chi connectivity index (χ3n) is 3.48. The number of hydrogen-bond donors (Lipinski definition) is 1. The predicted octanol–water partition coefficient (Wildman–Crippen LogP) is 4.61. The molecular weight excluding hydrogens is 279 g/mol. The van der Waals surface area contributed by atoms with Gasteiger partial charge in [0.05, 0.1) is 0 Å². The monoisotopic (exact) mass is 300 g/mol. The highest BCUT2D eigenvalue weighted by atomic mass is 19.1. The van der Waals surface area contributed by atoms with Crippen molar-refractivity contribution in [3.8, 4) is 0 Å². The molecule has 0 radical (unpaired) electrons. The highest BCUT2D eigenvalue weighted by Crippen LogP contribution is 2.24. The summed E-state index contributed by atoms with van der Waals surface area (Å²) in [5.41, 5.74) is 2.67. The Bertz CT molecular complexity index is 655. The number of carbonyl (C=O) groups is 1. The van der Waals surface area contributed by atoms with Crippen LogP contribution in [0.5, 0.6) is 0 Å². The van der Waals surface area contributed by atoms with Gasteiger partial charge in [0, 0.05) is 19.3 Å². The second kappa shape index (κ2) is 7.07. The van der Waals surface area contributed by atoms with Crippen molar-refractivity contribution < 1.29 is 9.18 Å². The molecule has 0 fully saturated rings. The molecule has 0 spiro atoms. The summed E-state index contributed by atoms with van der Waals surface area (Å²) in [6.07, 6.45) is 0. The molecule has 22 heavy (non-hydrogen) atoms. The molecule has 0 aromatic heterocycles. The van der Waals surface area contributed by atoms with Gasteiger partial charge in [-0.2, -0.15) is 0 Å². The van der Waals surface area contributed by atoms with E-state index in [-0.39, 0.29) is 11.8 Å². The van der Waals surface area contributed by atoms with Crippen molar-refractivity contribution in [3.05, 3.63) is 65.5 Å². The lowest BCUT2D eigenvalue weighted by Crippen LogP contribution is -2.31. The first-order chi connectivity index (χ1) is 10.5. The highest BCUT2D eigenvalue weighted by molar-refractivity contribution is 5.90. The second-order valence-corrected chi connectivity index (χ2v) is 5.66. The molecule has 2 rings (SSSR count). The number of hydrogen-bond acceptors (Lipinski definition) is 1. The van der Waals surface area contributed by atoms with Crippen LogP contribution in [0.3, 0.4) is 0 Å². The van der Waals surface area contributed by atoms with E-state index >= 15 is 0 Å². The van der Waals surface area contributed by atoms with Gasteiger partial charge in [0.2, 0.25) is 0 Å². The van der Waals surface area contributed by atoms with Crippen LogP contribution in [-0.2, 0) is 6.54 Å². The van der Waals surface area contributed by atoms with Crippen molar-refractivity contribution in [2.45, 2.75) is 26.3 Å². The van der Waals surface area contributed by atoms with Crippen molar-refractivity contribution >= 4 is 11.7 Å². The predicted molar refractivity (Wildman–Crippen MR) is 87.4 cm³/mol. The van der Waals surface area contributed by atoms with Crippen LogP contribution in [0.15, 0.2) is 48.5 Å². The van der Waals surface area contributed by atoms with Gasteiger partial charge in [0.1, 0.15) is 5.82 Å². The van der Waals surface area contributed by atoms with Crippen LogP contribution in [0, 0.1) is 5.82 Å². The Labute approximate surface area is 130 Å². The van der Waals surface area contributed by atoms with Gasteiger partial charge >= 0.3 is 6.03 Å². The number of nitrogens with one attached hydrogen (secondary N) is 1. The van der Waals surface area contributed by atoms with E-state index < -0.39 is 0 Å². The molecule has 2 aromatic rings. The summed E-state index contributed by atoms with van der Waals surface area (Å²) < 4.78 is 13.2. The van der Waals surface area contributed by atoms with Gasteiger partial charge in [0.15, 0.2) is 0 Å². The number of benzene rings is 2. The van der Waals surface area contributed by atoms with Crippen LogP contribution < -0.4 is 5.32 Å².